The Labute approximate surface area is 201 Å². The van der Waals surface area contributed by atoms with Crippen molar-refractivity contribution in [1.29, 1.82) is 0 Å². The lowest BCUT2D eigenvalue weighted by atomic mass is 10.0. The molecule has 0 fully saturated rings. The van der Waals surface area contributed by atoms with Crippen molar-refractivity contribution < 1.29 is 17.9 Å². The van der Waals surface area contributed by atoms with Crippen LogP contribution in [0.1, 0.15) is 25.0 Å². The lowest BCUT2D eigenvalue weighted by molar-refractivity contribution is -0.114. The van der Waals surface area contributed by atoms with Gasteiger partial charge in [-0.15, -0.1) is 0 Å². The molecule has 34 heavy (non-hydrogen) atoms. The van der Waals surface area contributed by atoms with Crippen molar-refractivity contribution in [2.45, 2.75) is 25.2 Å². The van der Waals surface area contributed by atoms with Crippen LogP contribution in [0, 0.1) is 0 Å². The highest BCUT2D eigenvalue weighted by atomic mass is 32.2. The van der Waals surface area contributed by atoms with Crippen molar-refractivity contribution in [2.75, 3.05) is 37.4 Å². The van der Waals surface area contributed by atoms with Gasteiger partial charge in [0, 0.05) is 18.8 Å². The number of hydrogen-bond donors (Lipinski definition) is 2. The van der Waals surface area contributed by atoms with Gasteiger partial charge in [-0.25, -0.2) is 8.42 Å². The number of hydrogen-bond acceptors (Lipinski definition) is 5. The normalized spacial score (nSPS) is 11.3. The fourth-order valence-corrected chi connectivity index (χ4v) is 5.18. The van der Waals surface area contributed by atoms with Crippen molar-refractivity contribution in [3.63, 3.8) is 0 Å². The predicted molar refractivity (Wildman–Crippen MR) is 136 cm³/mol. The standard InChI is InChI=1S/C26H31N3O4S/c1-4-29(5-2)34(31,32)22-15-16-25(33-3)24(18-22)28-26(30)19-27-23-14-10-9-13-21(23)17-20-11-7-6-8-12-20/h6-16,18,27H,4-5,17,19H2,1-3H3,(H,28,30). The van der Waals surface area contributed by atoms with E-state index in [1.165, 1.54) is 29.1 Å². The van der Waals surface area contributed by atoms with E-state index in [9.17, 15) is 13.2 Å². The van der Waals surface area contributed by atoms with Crippen molar-refractivity contribution in [2.24, 2.45) is 0 Å². The van der Waals surface area contributed by atoms with Crippen molar-refractivity contribution in [3.05, 3.63) is 83.9 Å². The molecule has 3 aromatic rings. The van der Waals surface area contributed by atoms with E-state index in [0.29, 0.717) is 24.5 Å². The van der Waals surface area contributed by atoms with Crippen LogP contribution in [0.15, 0.2) is 77.7 Å². The van der Waals surface area contributed by atoms with Gasteiger partial charge in [0.1, 0.15) is 5.75 Å². The largest absolute Gasteiger partial charge is 0.495 e. The average molecular weight is 482 g/mol. The van der Waals surface area contributed by atoms with Crippen LogP contribution >= 0.6 is 0 Å². The summed E-state index contributed by atoms with van der Waals surface area (Å²) < 4.78 is 32.5. The minimum absolute atomic E-state index is 0.0159. The quantitative estimate of drug-likeness (QED) is 0.425. The highest BCUT2D eigenvalue weighted by Crippen LogP contribution is 2.29. The molecule has 0 saturated heterocycles. The maximum atomic E-state index is 12.9. The molecule has 0 radical (unpaired) electrons. The number of sulfonamides is 1. The second-order valence-electron chi connectivity index (χ2n) is 7.67. The van der Waals surface area contributed by atoms with Gasteiger partial charge in [-0.2, -0.15) is 4.31 Å². The Morgan fingerprint density at radius 3 is 2.26 bits per heavy atom. The summed E-state index contributed by atoms with van der Waals surface area (Å²) in [7, 11) is -2.19. The van der Waals surface area contributed by atoms with Gasteiger partial charge in [0.25, 0.3) is 0 Å². The third-order valence-corrected chi connectivity index (χ3v) is 7.53. The van der Waals surface area contributed by atoms with E-state index in [1.54, 1.807) is 19.9 Å². The third-order valence-electron chi connectivity index (χ3n) is 5.48. The molecule has 0 atom stereocenters. The van der Waals surface area contributed by atoms with E-state index < -0.39 is 10.0 Å². The molecule has 0 aliphatic carbocycles. The molecule has 0 bridgehead atoms. The number of rotatable bonds is 11. The lowest BCUT2D eigenvalue weighted by Gasteiger charge is -2.20. The monoisotopic (exact) mass is 481 g/mol. The molecule has 3 rings (SSSR count). The number of anilines is 2. The molecule has 2 N–H and O–H groups in total. The Hall–Kier alpha value is -3.36. The molecule has 0 spiro atoms. The first-order valence-electron chi connectivity index (χ1n) is 11.2. The first kappa shape index (κ1) is 25.3. The summed E-state index contributed by atoms with van der Waals surface area (Å²) in [5.41, 5.74) is 3.43. The third kappa shape index (κ3) is 6.15. The maximum absolute atomic E-state index is 12.9. The Kier molecular flexibility index (Phi) is 8.67. The minimum atomic E-state index is -3.66. The number of para-hydroxylation sites is 1. The number of ether oxygens (including phenoxy) is 1. The molecule has 8 heteroatoms. The SMILES string of the molecule is CCN(CC)S(=O)(=O)c1ccc(OC)c(NC(=O)CNc2ccccc2Cc2ccccc2)c1. The minimum Gasteiger partial charge on any atom is -0.495 e. The molecule has 0 aliphatic heterocycles. The van der Waals surface area contributed by atoms with E-state index in [1.807, 2.05) is 42.5 Å². The fourth-order valence-electron chi connectivity index (χ4n) is 3.69. The Balaban J connectivity index is 1.73. The molecule has 0 saturated carbocycles. The summed E-state index contributed by atoms with van der Waals surface area (Å²) >= 11 is 0. The summed E-state index contributed by atoms with van der Waals surface area (Å²) in [6.07, 6.45) is 0.741. The predicted octanol–water partition coefficient (Wildman–Crippen LogP) is 4.37. The van der Waals surface area contributed by atoms with Crippen LogP contribution in [0.25, 0.3) is 0 Å². The summed E-state index contributed by atoms with van der Waals surface area (Å²) in [5.74, 6) is 0.0709. The molecule has 1 amide bonds. The van der Waals surface area contributed by atoms with Crippen molar-refractivity contribution in [1.82, 2.24) is 4.31 Å². The van der Waals surface area contributed by atoms with Gasteiger partial charge < -0.3 is 15.4 Å². The van der Waals surface area contributed by atoms with Crippen LogP contribution in [0.5, 0.6) is 5.75 Å². The Bertz CT molecular complexity index is 1210. The first-order valence-corrected chi connectivity index (χ1v) is 12.7. The number of benzene rings is 3. The highest BCUT2D eigenvalue weighted by Gasteiger charge is 2.23. The molecule has 0 aliphatic rings. The Morgan fingerprint density at radius 1 is 0.912 bits per heavy atom. The molecular formula is C26H31N3O4S. The fraction of sp³-hybridized carbons (Fsp3) is 0.269. The van der Waals surface area contributed by atoms with E-state index in [-0.39, 0.29) is 17.3 Å². The van der Waals surface area contributed by atoms with Gasteiger partial charge in [0.05, 0.1) is 24.2 Å². The van der Waals surface area contributed by atoms with Gasteiger partial charge in [0.15, 0.2) is 0 Å². The summed E-state index contributed by atoms with van der Waals surface area (Å²) in [5, 5.41) is 5.97. The highest BCUT2D eigenvalue weighted by molar-refractivity contribution is 7.89. The van der Waals surface area contributed by atoms with E-state index in [0.717, 1.165) is 17.7 Å². The van der Waals surface area contributed by atoms with Crippen LogP contribution in [-0.4, -0.2) is 45.4 Å². The average Bonchev–Trinajstić information content (AvgIpc) is 2.84. The smallest absolute Gasteiger partial charge is 0.243 e. The van der Waals surface area contributed by atoms with Crippen molar-refractivity contribution in [3.8, 4) is 5.75 Å². The van der Waals surface area contributed by atoms with E-state index in [4.69, 9.17) is 4.74 Å². The molecule has 3 aromatic carbocycles. The molecule has 0 heterocycles. The van der Waals surface area contributed by atoms with Gasteiger partial charge in [-0.3, -0.25) is 4.79 Å². The number of nitrogens with zero attached hydrogens (tertiary/aromatic N) is 1. The van der Waals surface area contributed by atoms with Gasteiger partial charge >= 0.3 is 0 Å². The number of carbonyl (C=O) groups is 1. The lowest BCUT2D eigenvalue weighted by Crippen LogP contribution is -2.30. The topological polar surface area (TPSA) is 87.7 Å². The van der Waals surface area contributed by atoms with E-state index >= 15 is 0 Å². The van der Waals surface area contributed by atoms with Gasteiger partial charge in [-0.1, -0.05) is 62.4 Å². The van der Waals surface area contributed by atoms with Gasteiger partial charge in [0.2, 0.25) is 15.9 Å². The number of amides is 1. The second kappa shape index (κ2) is 11.7. The van der Waals surface area contributed by atoms with Gasteiger partial charge in [-0.05, 0) is 41.8 Å². The first-order chi connectivity index (χ1) is 16.4. The Morgan fingerprint density at radius 2 is 1.59 bits per heavy atom. The van der Waals surface area contributed by atoms with E-state index in [2.05, 4.69) is 22.8 Å². The number of carbonyl (C=O) groups excluding carboxylic acids is 1. The maximum Gasteiger partial charge on any atom is 0.243 e. The zero-order chi connectivity index (χ0) is 24.6. The number of methoxy groups -OCH3 is 1. The zero-order valence-corrected chi connectivity index (χ0v) is 20.6. The van der Waals surface area contributed by atoms with Crippen LogP contribution in [0.2, 0.25) is 0 Å². The summed E-state index contributed by atoms with van der Waals surface area (Å²) in [4.78, 5) is 12.8. The van der Waals surface area contributed by atoms with Crippen LogP contribution in [0.3, 0.4) is 0 Å². The van der Waals surface area contributed by atoms with Crippen LogP contribution in [0.4, 0.5) is 11.4 Å². The summed E-state index contributed by atoms with van der Waals surface area (Å²) in [6.45, 7) is 4.31. The van der Waals surface area contributed by atoms with Crippen LogP contribution in [-0.2, 0) is 21.2 Å². The van der Waals surface area contributed by atoms with Crippen molar-refractivity contribution >= 4 is 27.3 Å². The molecule has 7 nitrogen and oxygen atoms in total. The molecular weight excluding hydrogens is 450 g/mol. The second-order valence-corrected chi connectivity index (χ2v) is 9.61. The van der Waals surface area contributed by atoms with Crippen LogP contribution < -0.4 is 15.4 Å². The summed E-state index contributed by atoms with van der Waals surface area (Å²) in [6, 6.07) is 22.4. The molecule has 0 unspecified atom stereocenters. The molecule has 0 aromatic heterocycles. The number of nitrogens with one attached hydrogen (secondary N) is 2. The zero-order valence-electron chi connectivity index (χ0n) is 19.7. The molecule has 180 valence electrons.